The number of halogens is 3. The zero-order valence-electron chi connectivity index (χ0n) is 10.9. The minimum Gasteiger partial charge on any atom is -1.00 e. The van der Waals surface area contributed by atoms with Crippen LogP contribution in [-0.4, -0.2) is 42.8 Å². The van der Waals surface area contributed by atoms with Crippen molar-refractivity contribution in [3.05, 3.63) is 48.8 Å². The maximum Gasteiger partial charge on any atom is 3.00 e. The van der Waals surface area contributed by atoms with Gasteiger partial charge in [0.05, 0.1) is 11.4 Å². The van der Waals surface area contributed by atoms with E-state index >= 15 is 0 Å². The van der Waals surface area contributed by atoms with Crippen LogP contribution in [0.2, 0.25) is 0 Å². The molecule has 0 aromatic carbocycles. The molecule has 2 heterocycles. The van der Waals surface area contributed by atoms with Gasteiger partial charge in [0, 0.05) is 12.4 Å². The molecule has 2 rings (SSSR count). The quantitative estimate of drug-likeness (QED) is 0.325. The van der Waals surface area contributed by atoms with Crippen molar-refractivity contribution >= 4 is 0 Å². The van der Waals surface area contributed by atoms with Crippen LogP contribution in [0.25, 0.3) is 11.4 Å². The third-order valence-corrected chi connectivity index (χ3v) is 1.59. The van der Waals surface area contributed by atoms with E-state index in [0.717, 1.165) is 11.4 Å². The Morgan fingerprint density at radius 1 is 0.500 bits per heavy atom. The van der Waals surface area contributed by atoms with Gasteiger partial charge < -0.3 is 70.1 Å². The van der Waals surface area contributed by atoms with Crippen molar-refractivity contribution in [2.24, 2.45) is 0 Å². The van der Waals surface area contributed by atoms with Gasteiger partial charge in [0.2, 0.25) is 0 Å². The Kier molecular flexibility index (Phi) is 85.8. The van der Waals surface area contributed by atoms with Gasteiger partial charge in [0.25, 0.3) is 0 Å². The van der Waals surface area contributed by atoms with Crippen molar-refractivity contribution in [3.8, 4) is 11.4 Å². The van der Waals surface area contributed by atoms with E-state index in [1.165, 1.54) is 0 Å². The van der Waals surface area contributed by atoms with E-state index in [0.29, 0.717) is 0 Å². The molecule has 0 atom stereocenters. The Labute approximate surface area is 176 Å². The van der Waals surface area contributed by atoms with Gasteiger partial charge in [-0.25, -0.2) is 0 Å². The van der Waals surface area contributed by atoms with Gasteiger partial charge in [-0.2, -0.15) is 0 Å². The van der Waals surface area contributed by atoms with E-state index < -0.39 is 0 Å². The molecule has 12 N–H and O–H groups in total. The number of nitrogens with zero attached hydrogens (tertiary/aromatic N) is 2. The van der Waals surface area contributed by atoms with Gasteiger partial charge >= 0.3 is 37.7 Å². The van der Waals surface area contributed by atoms with Crippen LogP contribution < -0.4 is 37.2 Å². The fourth-order valence-corrected chi connectivity index (χ4v) is 1.03. The van der Waals surface area contributed by atoms with Crippen LogP contribution in [0.15, 0.2) is 48.8 Å². The van der Waals surface area contributed by atoms with E-state index in [9.17, 15) is 0 Å². The van der Waals surface area contributed by atoms with Crippen LogP contribution in [0.3, 0.4) is 0 Å². The molecule has 0 saturated heterocycles. The normalized spacial score (nSPS) is 5.27. The fourth-order valence-electron chi connectivity index (χ4n) is 1.03. The number of rotatable bonds is 1. The van der Waals surface area contributed by atoms with Crippen molar-refractivity contribution in [2.45, 2.75) is 0 Å². The van der Waals surface area contributed by atoms with Gasteiger partial charge in [-0.1, -0.05) is 12.1 Å². The average Bonchev–Trinajstić information content (AvgIpc) is 2.21. The van der Waals surface area contributed by atoms with E-state index in [1.54, 1.807) is 12.4 Å². The first-order valence-electron chi connectivity index (χ1n) is 3.79. The third kappa shape index (κ3) is 18.2. The summed E-state index contributed by atoms with van der Waals surface area (Å²) < 4.78 is 0. The zero-order chi connectivity index (χ0) is 8.23. The summed E-state index contributed by atoms with van der Waals surface area (Å²) in [5, 5.41) is 0. The largest absolute Gasteiger partial charge is 3.00 e. The fraction of sp³-hybridized carbons (Fsp3) is 0. The summed E-state index contributed by atoms with van der Waals surface area (Å²) >= 11 is 0. The minimum absolute atomic E-state index is 0. The summed E-state index contributed by atoms with van der Waals surface area (Å²) in [5.74, 6) is 0. The minimum atomic E-state index is 0. The monoisotopic (exact) mass is 534 g/mol. The standard InChI is InChI=1S/C10H8N2.3ClH.Ho.6H2O/c1-3-7-11-9(5-1)10-6-2-4-8-12-10;;;;;;;;;;/h1-8H;3*1H;;6*1H2/q;;;;+3;;;;;;/p-3. The molecule has 2 aromatic rings. The molecule has 0 spiro atoms. The molecule has 0 aliphatic rings. The summed E-state index contributed by atoms with van der Waals surface area (Å²) in [6, 6.07) is 11.6. The maximum atomic E-state index is 4.19. The second-order valence-corrected chi connectivity index (χ2v) is 2.43. The number of hydrogen-bond donors (Lipinski definition) is 0. The van der Waals surface area contributed by atoms with Gasteiger partial charge in [-0.3, -0.25) is 9.97 Å². The smallest absolute Gasteiger partial charge is 1.00 e. The van der Waals surface area contributed by atoms with E-state index in [-0.39, 0.29) is 108 Å². The first-order valence-corrected chi connectivity index (χ1v) is 3.79. The molecular formula is C10H20Cl3HoN2O6. The van der Waals surface area contributed by atoms with Crippen LogP contribution in [-0.2, 0) is 0 Å². The van der Waals surface area contributed by atoms with Crippen molar-refractivity contribution in [2.75, 3.05) is 0 Å². The second-order valence-electron chi connectivity index (χ2n) is 2.43. The summed E-state index contributed by atoms with van der Waals surface area (Å²) in [6.45, 7) is 0. The van der Waals surface area contributed by atoms with Crippen molar-refractivity contribution in [1.82, 2.24) is 9.97 Å². The molecule has 0 amide bonds. The van der Waals surface area contributed by atoms with Crippen LogP contribution in [0.5, 0.6) is 0 Å². The molecule has 12 heteroatoms. The van der Waals surface area contributed by atoms with Crippen LogP contribution in [0.1, 0.15) is 0 Å². The average molecular weight is 536 g/mol. The molecule has 0 radical (unpaired) electrons. The predicted octanol–water partition coefficient (Wildman–Crippen LogP) is -11.8. The molecule has 138 valence electrons. The molecule has 8 nitrogen and oxygen atoms in total. The van der Waals surface area contributed by atoms with Crippen molar-refractivity contribution < 1.29 is 108 Å². The van der Waals surface area contributed by atoms with Gasteiger partial charge in [-0.15, -0.1) is 0 Å². The third-order valence-electron chi connectivity index (χ3n) is 1.59. The predicted molar refractivity (Wildman–Crippen MR) is 69.2 cm³/mol. The molecule has 0 aliphatic heterocycles. The van der Waals surface area contributed by atoms with Crippen molar-refractivity contribution in [1.29, 1.82) is 0 Å². The number of aromatic nitrogens is 2. The number of hydrogen-bond acceptors (Lipinski definition) is 2. The maximum absolute atomic E-state index is 4.19. The Balaban J connectivity index is -0.0000000241. The summed E-state index contributed by atoms with van der Waals surface area (Å²) in [7, 11) is 0. The molecule has 0 bridgehead atoms. The zero-order valence-corrected chi connectivity index (χ0v) is 15.2. The Morgan fingerprint density at radius 2 is 0.773 bits per heavy atom. The number of pyridine rings is 2. The van der Waals surface area contributed by atoms with Gasteiger partial charge in [0.1, 0.15) is 0 Å². The van der Waals surface area contributed by atoms with Gasteiger partial charge in [0.15, 0.2) is 0 Å². The van der Waals surface area contributed by atoms with Crippen LogP contribution >= 0.6 is 0 Å². The molecule has 0 saturated carbocycles. The van der Waals surface area contributed by atoms with E-state index in [4.69, 9.17) is 0 Å². The van der Waals surface area contributed by atoms with Gasteiger partial charge in [-0.05, 0) is 24.3 Å². The Morgan fingerprint density at radius 3 is 0.955 bits per heavy atom. The Bertz CT molecular complexity index is 340. The topological polar surface area (TPSA) is 215 Å². The second kappa shape index (κ2) is 33.0. The molecule has 0 aliphatic carbocycles. The first-order chi connectivity index (χ1) is 5.97. The van der Waals surface area contributed by atoms with E-state index in [1.807, 2.05) is 36.4 Å². The van der Waals surface area contributed by atoms with Crippen molar-refractivity contribution in [3.63, 3.8) is 0 Å². The van der Waals surface area contributed by atoms with Crippen LogP contribution in [0, 0.1) is 37.7 Å². The Hall–Kier alpha value is 0.190. The molecule has 0 fully saturated rings. The molecular weight excluding hydrogens is 515 g/mol. The SMILES string of the molecule is O.O.O.O.O.O.[Cl-].[Cl-].[Cl-].[Ho+3].c1ccc(-c2ccccn2)nc1. The summed E-state index contributed by atoms with van der Waals surface area (Å²) in [5.41, 5.74) is 1.83. The summed E-state index contributed by atoms with van der Waals surface area (Å²) in [6.07, 6.45) is 3.54. The first kappa shape index (κ1) is 57.3. The molecule has 22 heavy (non-hydrogen) atoms. The summed E-state index contributed by atoms with van der Waals surface area (Å²) in [4.78, 5) is 8.37. The molecule has 2 aromatic heterocycles. The van der Waals surface area contributed by atoms with Crippen LogP contribution in [0.4, 0.5) is 0 Å². The molecule has 0 unspecified atom stereocenters. The van der Waals surface area contributed by atoms with E-state index in [2.05, 4.69) is 9.97 Å².